The van der Waals surface area contributed by atoms with Crippen LogP contribution in [0.15, 0.2) is 60.7 Å². The van der Waals surface area contributed by atoms with Crippen molar-refractivity contribution in [3.8, 4) is 0 Å². The van der Waals surface area contributed by atoms with Gasteiger partial charge < -0.3 is 25.0 Å². The van der Waals surface area contributed by atoms with Gasteiger partial charge in [0.2, 0.25) is 12.3 Å². The summed E-state index contributed by atoms with van der Waals surface area (Å²) in [6, 6.07) is 15.3. The van der Waals surface area contributed by atoms with Crippen LogP contribution in [0.4, 0.5) is 5.69 Å². The molecular formula is C32H33Cl2N3O7. The molecule has 2 N–H and O–H groups in total. The summed E-state index contributed by atoms with van der Waals surface area (Å²) in [6.07, 6.45) is 0.267. The summed E-state index contributed by atoms with van der Waals surface area (Å²) in [4.78, 5) is 63.5. The highest BCUT2D eigenvalue weighted by atomic mass is 35.5. The Bertz CT molecular complexity index is 1510. The van der Waals surface area contributed by atoms with E-state index in [1.165, 1.54) is 24.1 Å². The minimum atomic E-state index is -1.04. The minimum absolute atomic E-state index is 0.0505. The lowest BCUT2D eigenvalue weighted by Gasteiger charge is -2.20. The Labute approximate surface area is 265 Å². The quantitative estimate of drug-likeness (QED) is 0.202. The Balaban J connectivity index is 1.72. The average molecular weight is 643 g/mol. The number of hydrogen-bond donors (Lipinski definition) is 2. The average Bonchev–Trinajstić information content (AvgIpc) is 2.97. The molecule has 0 aliphatic rings. The number of benzene rings is 3. The molecule has 44 heavy (non-hydrogen) atoms. The van der Waals surface area contributed by atoms with Gasteiger partial charge in [0, 0.05) is 25.7 Å². The number of rotatable bonds is 13. The first kappa shape index (κ1) is 34.1. The highest BCUT2D eigenvalue weighted by molar-refractivity contribution is 6.39. The first-order chi connectivity index (χ1) is 20.9. The van der Waals surface area contributed by atoms with Crippen molar-refractivity contribution in [1.82, 2.24) is 10.2 Å². The van der Waals surface area contributed by atoms with E-state index in [9.17, 15) is 24.0 Å². The molecule has 3 aromatic rings. The molecule has 0 fully saturated rings. The number of hydrogen-bond acceptors (Lipinski definition) is 7. The van der Waals surface area contributed by atoms with E-state index in [-0.39, 0.29) is 39.9 Å². The highest BCUT2D eigenvalue weighted by Gasteiger charge is 2.26. The number of methoxy groups -OCH3 is 1. The fourth-order valence-electron chi connectivity index (χ4n) is 4.29. The van der Waals surface area contributed by atoms with Crippen molar-refractivity contribution in [3.63, 3.8) is 0 Å². The van der Waals surface area contributed by atoms with Crippen molar-refractivity contribution < 1.29 is 33.4 Å². The molecule has 0 aromatic heterocycles. The van der Waals surface area contributed by atoms with E-state index >= 15 is 0 Å². The number of halogens is 2. The zero-order valence-electron chi connectivity index (χ0n) is 24.7. The summed E-state index contributed by atoms with van der Waals surface area (Å²) in [5.41, 5.74) is 2.62. The molecule has 0 saturated heterocycles. The van der Waals surface area contributed by atoms with Gasteiger partial charge in [-0.25, -0.2) is 9.59 Å². The lowest BCUT2D eigenvalue weighted by atomic mass is 10.0. The highest BCUT2D eigenvalue weighted by Crippen LogP contribution is 2.24. The molecule has 3 rings (SSSR count). The number of ether oxygens (including phenoxy) is 2. The maximum absolute atomic E-state index is 13.0. The van der Waals surface area contributed by atoms with E-state index in [0.717, 1.165) is 0 Å². The molecule has 0 aliphatic carbocycles. The number of nitrogens with zero attached hydrogens (tertiary/aromatic N) is 1. The van der Waals surface area contributed by atoms with Gasteiger partial charge in [-0.2, -0.15) is 0 Å². The van der Waals surface area contributed by atoms with Crippen LogP contribution in [0.1, 0.15) is 51.3 Å². The number of amides is 3. The van der Waals surface area contributed by atoms with E-state index in [2.05, 4.69) is 10.6 Å². The topological polar surface area (TPSA) is 131 Å². The number of nitrogens with one attached hydrogen (secondary N) is 2. The monoisotopic (exact) mass is 641 g/mol. The van der Waals surface area contributed by atoms with Gasteiger partial charge in [0.1, 0.15) is 6.04 Å². The Morgan fingerprint density at radius 3 is 2.18 bits per heavy atom. The van der Waals surface area contributed by atoms with Gasteiger partial charge in [0.15, 0.2) is 0 Å². The van der Waals surface area contributed by atoms with Gasteiger partial charge >= 0.3 is 11.9 Å². The van der Waals surface area contributed by atoms with Gasteiger partial charge in [-0.05, 0) is 60.9 Å². The van der Waals surface area contributed by atoms with Gasteiger partial charge in [-0.15, -0.1) is 0 Å². The normalized spacial score (nSPS) is 11.3. The van der Waals surface area contributed by atoms with Crippen LogP contribution in [0.3, 0.4) is 0 Å². The maximum Gasteiger partial charge on any atom is 0.338 e. The number of carbonyl (C=O) groups is 5. The van der Waals surface area contributed by atoms with E-state index in [0.29, 0.717) is 35.3 Å². The molecule has 12 heteroatoms. The zero-order valence-corrected chi connectivity index (χ0v) is 26.2. The van der Waals surface area contributed by atoms with Crippen molar-refractivity contribution in [3.05, 3.63) is 98.5 Å². The molecule has 0 aliphatic heterocycles. The van der Waals surface area contributed by atoms with Gasteiger partial charge in [0.05, 0.1) is 40.8 Å². The largest absolute Gasteiger partial charge is 0.465 e. The SMILES string of the molecule is COC(=O)c1cc(CN(C)C=O)ccc1CC(=O)Nc1ccc(C[C@H](NC(=O)c2c(Cl)cccc2Cl)C(=O)OC(C)C)cc1. The van der Waals surface area contributed by atoms with E-state index in [1.807, 2.05) is 0 Å². The van der Waals surface area contributed by atoms with Crippen molar-refractivity contribution in [2.24, 2.45) is 0 Å². The van der Waals surface area contributed by atoms with Crippen LogP contribution in [0.25, 0.3) is 0 Å². The van der Waals surface area contributed by atoms with Crippen molar-refractivity contribution >= 4 is 59.1 Å². The minimum Gasteiger partial charge on any atom is -0.465 e. The van der Waals surface area contributed by atoms with Crippen LogP contribution in [-0.4, -0.2) is 61.4 Å². The van der Waals surface area contributed by atoms with Crippen LogP contribution >= 0.6 is 23.2 Å². The summed E-state index contributed by atoms with van der Waals surface area (Å²) < 4.78 is 10.2. The third-order valence-corrected chi connectivity index (χ3v) is 6.98. The van der Waals surface area contributed by atoms with Crippen LogP contribution in [0.2, 0.25) is 10.0 Å². The Kier molecular flexibility index (Phi) is 12.3. The number of anilines is 1. The molecule has 0 spiro atoms. The first-order valence-electron chi connectivity index (χ1n) is 13.6. The third kappa shape index (κ3) is 9.55. The molecule has 0 radical (unpaired) electrons. The lowest BCUT2D eigenvalue weighted by molar-refractivity contribution is -0.149. The smallest absolute Gasteiger partial charge is 0.338 e. The lowest BCUT2D eigenvalue weighted by Crippen LogP contribution is -2.44. The zero-order chi connectivity index (χ0) is 32.4. The number of carbonyl (C=O) groups excluding carboxylic acids is 5. The second kappa shape index (κ2) is 15.9. The van der Waals surface area contributed by atoms with Gasteiger partial charge in [-0.1, -0.05) is 53.5 Å². The predicted molar refractivity (Wildman–Crippen MR) is 167 cm³/mol. The molecule has 0 heterocycles. The second-order valence-corrected chi connectivity index (χ2v) is 11.1. The summed E-state index contributed by atoms with van der Waals surface area (Å²) in [6.45, 7) is 3.70. The Hall–Kier alpha value is -4.41. The molecule has 0 bridgehead atoms. The summed E-state index contributed by atoms with van der Waals surface area (Å²) in [5, 5.41) is 5.75. The molecule has 0 saturated carbocycles. The van der Waals surface area contributed by atoms with Crippen LogP contribution in [0, 0.1) is 0 Å². The van der Waals surface area contributed by atoms with Gasteiger partial charge in [-0.3, -0.25) is 14.4 Å². The molecule has 1 atom stereocenters. The molecule has 3 aromatic carbocycles. The van der Waals surface area contributed by atoms with Crippen molar-refractivity contribution in [1.29, 1.82) is 0 Å². The van der Waals surface area contributed by atoms with Crippen LogP contribution < -0.4 is 10.6 Å². The fourth-order valence-corrected chi connectivity index (χ4v) is 4.86. The van der Waals surface area contributed by atoms with Crippen LogP contribution in [0.5, 0.6) is 0 Å². The Morgan fingerprint density at radius 2 is 1.59 bits per heavy atom. The summed E-state index contributed by atoms with van der Waals surface area (Å²) >= 11 is 12.3. The molecule has 232 valence electrons. The van der Waals surface area contributed by atoms with Gasteiger partial charge in [0.25, 0.3) is 5.91 Å². The summed E-state index contributed by atoms with van der Waals surface area (Å²) in [5.74, 6) is -2.21. The Morgan fingerprint density at radius 1 is 0.955 bits per heavy atom. The van der Waals surface area contributed by atoms with E-state index in [1.54, 1.807) is 69.4 Å². The first-order valence-corrected chi connectivity index (χ1v) is 14.4. The van der Waals surface area contributed by atoms with E-state index < -0.39 is 30.0 Å². The molecule has 0 unspecified atom stereocenters. The molecule has 10 nitrogen and oxygen atoms in total. The number of esters is 2. The summed E-state index contributed by atoms with van der Waals surface area (Å²) in [7, 11) is 2.87. The third-order valence-electron chi connectivity index (χ3n) is 6.35. The molecular weight excluding hydrogens is 609 g/mol. The van der Waals surface area contributed by atoms with E-state index in [4.69, 9.17) is 32.7 Å². The molecule has 3 amide bonds. The maximum atomic E-state index is 13.0. The van der Waals surface area contributed by atoms with Crippen molar-refractivity contribution in [2.75, 3.05) is 19.5 Å². The second-order valence-electron chi connectivity index (χ2n) is 10.2. The van der Waals surface area contributed by atoms with Crippen molar-refractivity contribution in [2.45, 2.75) is 45.4 Å². The van der Waals surface area contributed by atoms with Crippen LogP contribution in [-0.2, 0) is 43.2 Å². The predicted octanol–water partition coefficient (Wildman–Crippen LogP) is 4.84. The fraction of sp³-hybridized carbons (Fsp3) is 0.281. The standard InChI is InChI=1S/C32H33Cl2N3O7/c1-19(2)44-32(42)27(36-30(40)29-25(33)6-5-7-26(29)34)15-20-9-12-23(13-10-20)35-28(39)16-22-11-8-21(17-37(3)18-38)14-24(22)31(41)43-4/h5-14,18-19,27H,15-17H2,1-4H3,(H,35,39)(H,36,40)/t27-/m0/s1.